The maximum Gasteiger partial charge on any atom is 0.338 e. The first-order chi connectivity index (χ1) is 19.3. The van der Waals surface area contributed by atoms with Crippen LogP contribution in [0.15, 0.2) is 98.8 Å². The molecule has 4 aromatic rings. The van der Waals surface area contributed by atoms with Crippen molar-refractivity contribution in [3.05, 3.63) is 121 Å². The van der Waals surface area contributed by atoms with Crippen molar-refractivity contribution in [3.63, 3.8) is 0 Å². The van der Waals surface area contributed by atoms with Gasteiger partial charge in [0.15, 0.2) is 4.80 Å². The zero-order chi connectivity index (χ0) is 28.4. The lowest BCUT2D eigenvalue weighted by Gasteiger charge is -2.24. The second-order valence-electron chi connectivity index (χ2n) is 8.81. The number of carbonyl (C=O) groups excluding carboxylic acids is 2. The first kappa shape index (κ1) is 27.1. The van der Waals surface area contributed by atoms with Gasteiger partial charge in [-0.3, -0.25) is 14.2 Å². The molecule has 1 aliphatic heterocycles. The number of thiazole rings is 1. The Balaban J connectivity index is 1.62. The quantitative estimate of drug-likeness (QED) is 0.178. The van der Waals surface area contributed by atoms with Gasteiger partial charge in [-0.05, 0) is 48.9 Å². The van der Waals surface area contributed by atoms with Crippen LogP contribution < -0.4 is 19.6 Å². The number of allylic oxidation sites excluding steroid dienone is 1. The van der Waals surface area contributed by atoms with Crippen LogP contribution in [0.4, 0.5) is 0 Å². The molecule has 0 aliphatic carbocycles. The van der Waals surface area contributed by atoms with Crippen LogP contribution >= 0.6 is 22.9 Å². The molecule has 0 radical (unpaired) electrons. The van der Waals surface area contributed by atoms with Crippen LogP contribution in [0.1, 0.15) is 31.2 Å². The number of halogens is 1. The average molecular weight is 575 g/mol. The third-order valence-electron chi connectivity index (χ3n) is 6.07. The minimum atomic E-state index is -0.822. The largest absolute Gasteiger partial charge is 0.458 e. The van der Waals surface area contributed by atoms with E-state index in [2.05, 4.69) is 11.6 Å². The number of rotatable bonds is 7. The normalized spacial score (nSPS) is 14.9. The molecule has 10 heteroatoms. The number of esters is 2. The van der Waals surface area contributed by atoms with Crippen molar-refractivity contribution >= 4 is 41.0 Å². The minimum Gasteiger partial charge on any atom is -0.458 e. The zero-order valence-corrected chi connectivity index (χ0v) is 23.1. The molecule has 2 aromatic carbocycles. The van der Waals surface area contributed by atoms with Crippen LogP contribution in [0, 0.1) is 0 Å². The fourth-order valence-corrected chi connectivity index (χ4v) is 5.62. The molecule has 0 unspecified atom stereocenters. The molecule has 8 nitrogen and oxygen atoms in total. The Morgan fingerprint density at radius 1 is 1.15 bits per heavy atom. The molecular formula is C30H23ClN2O6S. The summed E-state index contributed by atoms with van der Waals surface area (Å²) in [4.78, 5) is 43.3. The van der Waals surface area contributed by atoms with Crippen LogP contribution in [0.3, 0.4) is 0 Å². The van der Waals surface area contributed by atoms with Crippen LogP contribution in [0.25, 0.3) is 17.4 Å². The molecule has 0 amide bonds. The van der Waals surface area contributed by atoms with Crippen molar-refractivity contribution in [1.82, 2.24) is 4.57 Å². The summed E-state index contributed by atoms with van der Waals surface area (Å²) >= 11 is 7.49. The topological polar surface area (TPSA) is 100 Å². The van der Waals surface area contributed by atoms with Crippen molar-refractivity contribution in [3.8, 4) is 17.1 Å². The maximum atomic E-state index is 13.8. The van der Waals surface area contributed by atoms with Crippen molar-refractivity contribution in [2.45, 2.75) is 19.9 Å². The highest BCUT2D eigenvalue weighted by Gasteiger charge is 2.33. The van der Waals surface area contributed by atoms with Gasteiger partial charge in [-0.1, -0.05) is 59.9 Å². The van der Waals surface area contributed by atoms with E-state index in [-0.39, 0.29) is 17.7 Å². The second kappa shape index (κ2) is 11.3. The summed E-state index contributed by atoms with van der Waals surface area (Å²) in [6.07, 6.45) is 3.10. The third kappa shape index (κ3) is 5.34. The van der Waals surface area contributed by atoms with Gasteiger partial charge < -0.3 is 13.9 Å². The molecule has 1 atom stereocenters. The maximum absolute atomic E-state index is 13.8. The lowest BCUT2D eigenvalue weighted by Crippen LogP contribution is -2.39. The highest BCUT2D eigenvalue weighted by molar-refractivity contribution is 7.07. The summed E-state index contributed by atoms with van der Waals surface area (Å²) in [6, 6.07) is 16.6. The standard InChI is InChI=1S/C30H23ClN2O6S/c1-4-15-37-29(36)26-17(2)32-30-33(27(26)19-9-11-20(12-10-19)38-18(3)34)28(35)25(40-30)16-21-13-14-24(39-21)22-7-5-6-8-23(22)31/h4-14,16,27H,1,15H2,2-3H3/b25-16-/t27-/m0/s1. The van der Waals surface area contributed by atoms with Gasteiger partial charge in [-0.2, -0.15) is 0 Å². The van der Waals surface area contributed by atoms with Gasteiger partial charge >= 0.3 is 11.9 Å². The fourth-order valence-electron chi connectivity index (χ4n) is 4.36. The summed E-state index contributed by atoms with van der Waals surface area (Å²) in [5.41, 5.74) is 1.65. The Labute approximate surface area is 237 Å². The molecule has 0 fully saturated rings. The molecule has 0 bridgehead atoms. The van der Waals surface area contributed by atoms with Gasteiger partial charge in [-0.15, -0.1) is 0 Å². The predicted octanol–water partition coefficient (Wildman–Crippen LogP) is 4.80. The van der Waals surface area contributed by atoms with Crippen molar-refractivity contribution in [2.75, 3.05) is 6.61 Å². The van der Waals surface area contributed by atoms with Crippen LogP contribution in [0.5, 0.6) is 5.75 Å². The molecule has 3 heterocycles. The molecule has 0 saturated heterocycles. The van der Waals surface area contributed by atoms with Gasteiger partial charge in [0.2, 0.25) is 0 Å². The number of furan rings is 1. The Bertz CT molecular complexity index is 1850. The number of ether oxygens (including phenoxy) is 2. The summed E-state index contributed by atoms with van der Waals surface area (Å²) in [6.45, 7) is 6.60. The highest BCUT2D eigenvalue weighted by atomic mass is 35.5. The SMILES string of the molecule is C=CCOC(=O)C1=C(C)N=c2s/c(=C\c3ccc(-c4ccccc4Cl)o3)c(=O)n2[C@H]1c1ccc(OC(C)=O)cc1. The Morgan fingerprint density at radius 2 is 1.90 bits per heavy atom. The number of aromatic nitrogens is 1. The van der Waals surface area contributed by atoms with E-state index in [0.717, 1.165) is 5.56 Å². The smallest absolute Gasteiger partial charge is 0.338 e. The molecule has 2 aromatic heterocycles. The molecule has 5 rings (SSSR count). The Hall–Kier alpha value is -4.47. The number of hydrogen-bond acceptors (Lipinski definition) is 8. The van der Waals surface area contributed by atoms with Gasteiger partial charge in [0.05, 0.1) is 26.9 Å². The summed E-state index contributed by atoms with van der Waals surface area (Å²) in [5.74, 6) is 0.301. The lowest BCUT2D eigenvalue weighted by atomic mass is 9.96. The van der Waals surface area contributed by atoms with Crippen molar-refractivity contribution in [1.29, 1.82) is 0 Å². The molecule has 0 spiro atoms. The molecular weight excluding hydrogens is 552 g/mol. The second-order valence-corrected chi connectivity index (χ2v) is 10.2. The number of hydrogen-bond donors (Lipinski definition) is 0. The first-order valence-electron chi connectivity index (χ1n) is 12.2. The van der Waals surface area contributed by atoms with E-state index >= 15 is 0 Å². The third-order valence-corrected chi connectivity index (χ3v) is 7.38. The monoisotopic (exact) mass is 574 g/mol. The number of carbonyl (C=O) groups is 2. The molecule has 0 N–H and O–H groups in total. The lowest BCUT2D eigenvalue weighted by molar-refractivity contribution is -0.138. The van der Waals surface area contributed by atoms with E-state index in [1.54, 1.807) is 55.5 Å². The fraction of sp³-hybridized carbons (Fsp3) is 0.133. The minimum absolute atomic E-state index is 0.00437. The van der Waals surface area contributed by atoms with Crippen molar-refractivity contribution in [2.24, 2.45) is 4.99 Å². The molecule has 1 aliphatic rings. The van der Waals surface area contributed by atoms with Gasteiger partial charge in [0.1, 0.15) is 23.9 Å². The highest BCUT2D eigenvalue weighted by Crippen LogP contribution is 2.32. The first-order valence-corrected chi connectivity index (χ1v) is 13.4. The number of nitrogens with zero attached hydrogens (tertiary/aromatic N) is 2. The number of benzene rings is 2. The van der Waals surface area contributed by atoms with Crippen LogP contribution in [0.2, 0.25) is 5.02 Å². The summed E-state index contributed by atoms with van der Waals surface area (Å²) < 4.78 is 18.3. The van der Waals surface area contributed by atoms with Crippen molar-refractivity contribution < 1.29 is 23.5 Å². The Kier molecular flexibility index (Phi) is 7.68. The number of fused-ring (bicyclic) bond motifs is 1. The van der Waals surface area contributed by atoms with E-state index in [0.29, 0.717) is 42.9 Å². The van der Waals surface area contributed by atoms with Gasteiger partial charge in [0, 0.05) is 18.6 Å². The molecule has 40 heavy (non-hydrogen) atoms. The van der Waals surface area contributed by atoms with Crippen LogP contribution in [-0.2, 0) is 14.3 Å². The van der Waals surface area contributed by atoms with E-state index in [4.69, 9.17) is 25.5 Å². The van der Waals surface area contributed by atoms with E-state index in [9.17, 15) is 14.4 Å². The van der Waals surface area contributed by atoms with Crippen LogP contribution in [-0.4, -0.2) is 23.1 Å². The van der Waals surface area contributed by atoms with Gasteiger partial charge in [-0.25, -0.2) is 9.79 Å². The summed E-state index contributed by atoms with van der Waals surface area (Å²) in [7, 11) is 0. The molecule has 202 valence electrons. The van der Waals surface area contributed by atoms with Gasteiger partial charge in [0.25, 0.3) is 5.56 Å². The predicted molar refractivity (Wildman–Crippen MR) is 152 cm³/mol. The van der Waals surface area contributed by atoms with E-state index in [1.807, 2.05) is 18.2 Å². The van der Waals surface area contributed by atoms with E-state index in [1.165, 1.54) is 28.9 Å². The van der Waals surface area contributed by atoms with E-state index < -0.39 is 18.0 Å². The Morgan fingerprint density at radius 3 is 2.60 bits per heavy atom. The zero-order valence-electron chi connectivity index (χ0n) is 21.5. The average Bonchev–Trinajstić information content (AvgIpc) is 3.51. The summed E-state index contributed by atoms with van der Waals surface area (Å²) in [5, 5.41) is 0.550. The molecule has 0 saturated carbocycles.